The van der Waals surface area contributed by atoms with Crippen molar-refractivity contribution < 1.29 is 13.2 Å². The maximum absolute atomic E-state index is 11.5. The van der Waals surface area contributed by atoms with Crippen LogP contribution in [0.4, 0.5) is 0 Å². The predicted octanol–water partition coefficient (Wildman–Crippen LogP) is 0.257. The molecule has 0 saturated carbocycles. The molecule has 0 unspecified atom stereocenters. The number of amides is 1. The molecular formula is C7H13NO3S2. The number of carbonyl (C=O) groups is 1. The first kappa shape index (κ1) is 10.8. The summed E-state index contributed by atoms with van der Waals surface area (Å²) in [4.78, 5) is 11.3. The molecule has 76 valence electrons. The van der Waals surface area contributed by atoms with E-state index >= 15 is 0 Å². The first-order chi connectivity index (χ1) is 5.85. The maximum Gasteiger partial charge on any atom is 0.258 e. The van der Waals surface area contributed by atoms with Crippen molar-refractivity contribution in [3.63, 3.8) is 0 Å². The molecule has 1 heterocycles. The highest BCUT2D eigenvalue weighted by Crippen LogP contribution is 2.34. The van der Waals surface area contributed by atoms with Crippen LogP contribution in [0.15, 0.2) is 0 Å². The standard InChI is InChI=1S/C7H13NO3S2/c1-7(2)6(9)8(4-3-5-12)13(7,10)11/h12H,3-5H2,1-2H3. The Bertz CT molecular complexity index is 321. The van der Waals surface area contributed by atoms with Gasteiger partial charge in [-0.25, -0.2) is 12.7 Å². The minimum Gasteiger partial charge on any atom is -0.272 e. The maximum atomic E-state index is 11.5. The number of hydrogen-bond donors (Lipinski definition) is 1. The van der Waals surface area contributed by atoms with Crippen LogP contribution in [-0.2, 0) is 14.8 Å². The van der Waals surface area contributed by atoms with E-state index in [1.807, 2.05) is 0 Å². The third-order valence-corrected chi connectivity index (χ3v) is 4.91. The zero-order chi connectivity index (χ0) is 10.3. The molecule has 1 saturated heterocycles. The lowest BCUT2D eigenvalue weighted by atomic mass is 10.2. The highest BCUT2D eigenvalue weighted by Gasteiger charge is 2.59. The van der Waals surface area contributed by atoms with E-state index in [0.29, 0.717) is 12.2 Å². The quantitative estimate of drug-likeness (QED) is 0.698. The lowest BCUT2D eigenvalue weighted by Gasteiger charge is -2.42. The summed E-state index contributed by atoms with van der Waals surface area (Å²) in [7, 11) is -3.37. The minimum atomic E-state index is -3.37. The summed E-state index contributed by atoms with van der Waals surface area (Å²) in [6.07, 6.45) is 0.601. The van der Waals surface area contributed by atoms with Crippen molar-refractivity contribution in [2.75, 3.05) is 12.3 Å². The van der Waals surface area contributed by atoms with Crippen molar-refractivity contribution in [3.8, 4) is 0 Å². The Balaban J connectivity index is 2.78. The average Bonchev–Trinajstić information content (AvgIpc) is 2.04. The zero-order valence-corrected chi connectivity index (χ0v) is 9.36. The molecule has 0 spiro atoms. The van der Waals surface area contributed by atoms with E-state index in [1.165, 1.54) is 13.8 Å². The van der Waals surface area contributed by atoms with Crippen LogP contribution in [0, 0.1) is 0 Å². The molecule has 1 fully saturated rings. The summed E-state index contributed by atoms with van der Waals surface area (Å²) < 4.78 is 22.6. The van der Waals surface area contributed by atoms with Crippen molar-refractivity contribution in [3.05, 3.63) is 0 Å². The van der Waals surface area contributed by atoms with E-state index < -0.39 is 14.8 Å². The van der Waals surface area contributed by atoms with Gasteiger partial charge in [-0.3, -0.25) is 4.79 Å². The Hall–Kier alpha value is -0.230. The second kappa shape index (κ2) is 3.16. The van der Waals surface area contributed by atoms with E-state index in [4.69, 9.17) is 0 Å². The molecule has 1 rings (SSSR count). The average molecular weight is 223 g/mol. The topological polar surface area (TPSA) is 54.5 Å². The van der Waals surface area contributed by atoms with Gasteiger partial charge in [0.25, 0.3) is 15.9 Å². The van der Waals surface area contributed by atoms with E-state index in [0.717, 1.165) is 4.31 Å². The van der Waals surface area contributed by atoms with Gasteiger partial charge in [0.05, 0.1) is 0 Å². The van der Waals surface area contributed by atoms with Gasteiger partial charge in [-0.2, -0.15) is 12.6 Å². The molecular weight excluding hydrogens is 210 g/mol. The van der Waals surface area contributed by atoms with E-state index in [1.54, 1.807) is 0 Å². The molecule has 0 radical (unpaired) electrons. The van der Waals surface area contributed by atoms with E-state index in [9.17, 15) is 13.2 Å². The Morgan fingerprint density at radius 1 is 1.46 bits per heavy atom. The van der Waals surface area contributed by atoms with Crippen LogP contribution in [0.3, 0.4) is 0 Å². The number of carbonyl (C=O) groups excluding carboxylic acids is 1. The SMILES string of the molecule is CC1(C)C(=O)N(CCCS)S1(=O)=O. The van der Waals surface area contributed by atoms with E-state index in [2.05, 4.69) is 12.6 Å². The van der Waals surface area contributed by atoms with Gasteiger partial charge < -0.3 is 0 Å². The third-order valence-electron chi connectivity index (χ3n) is 2.20. The van der Waals surface area contributed by atoms with Gasteiger partial charge in [0, 0.05) is 6.54 Å². The molecule has 0 aromatic carbocycles. The summed E-state index contributed by atoms with van der Waals surface area (Å²) in [5.41, 5.74) is 0. The normalized spacial score (nSPS) is 24.2. The second-order valence-corrected chi connectivity index (χ2v) is 6.33. The largest absolute Gasteiger partial charge is 0.272 e. The van der Waals surface area contributed by atoms with Gasteiger partial charge in [-0.05, 0) is 26.0 Å². The monoisotopic (exact) mass is 223 g/mol. The summed E-state index contributed by atoms with van der Waals surface area (Å²) >= 11 is 3.96. The molecule has 1 aliphatic rings. The Labute approximate surface area is 83.8 Å². The van der Waals surface area contributed by atoms with Crippen molar-refractivity contribution in [1.29, 1.82) is 0 Å². The zero-order valence-electron chi connectivity index (χ0n) is 7.65. The molecule has 6 heteroatoms. The third kappa shape index (κ3) is 1.36. The second-order valence-electron chi connectivity index (χ2n) is 3.47. The van der Waals surface area contributed by atoms with Crippen molar-refractivity contribution >= 4 is 28.6 Å². The van der Waals surface area contributed by atoms with Gasteiger partial charge in [-0.1, -0.05) is 0 Å². The van der Waals surface area contributed by atoms with E-state index in [-0.39, 0.29) is 12.5 Å². The van der Waals surface area contributed by atoms with Crippen LogP contribution >= 0.6 is 12.6 Å². The summed E-state index contributed by atoms with van der Waals surface area (Å²) in [5, 5.41) is 0. The molecule has 1 amide bonds. The highest BCUT2D eigenvalue weighted by atomic mass is 32.2. The fourth-order valence-corrected chi connectivity index (χ4v) is 2.90. The van der Waals surface area contributed by atoms with Gasteiger partial charge >= 0.3 is 0 Å². The predicted molar refractivity (Wildman–Crippen MR) is 53.2 cm³/mol. The molecule has 0 aliphatic carbocycles. The first-order valence-corrected chi connectivity index (χ1v) is 6.10. The Morgan fingerprint density at radius 2 is 2.00 bits per heavy atom. The lowest BCUT2D eigenvalue weighted by Crippen LogP contribution is -2.67. The molecule has 0 atom stereocenters. The molecule has 4 nitrogen and oxygen atoms in total. The van der Waals surface area contributed by atoms with Crippen molar-refractivity contribution in [2.24, 2.45) is 0 Å². The Kier molecular flexibility index (Phi) is 2.64. The Morgan fingerprint density at radius 3 is 2.38 bits per heavy atom. The molecule has 0 bridgehead atoms. The van der Waals surface area contributed by atoms with Gasteiger partial charge in [0.2, 0.25) is 0 Å². The van der Waals surface area contributed by atoms with Crippen LogP contribution in [0.5, 0.6) is 0 Å². The highest BCUT2D eigenvalue weighted by molar-refractivity contribution is 7.94. The smallest absolute Gasteiger partial charge is 0.258 e. The van der Waals surface area contributed by atoms with Crippen LogP contribution in [-0.4, -0.2) is 35.7 Å². The summed E-state index contributed by atoms with van der Waals surface area (Å²) in [5.74, 6) is 0.272. The lowest BCUT2D eigenvalue weighted by molar-refractivity contribution is -0.132. The molecule has 0 aromatic rings. The van der Waals surface area contributed by atoms with Crippen molar-refractivity contribution in [2.45, 2.75) is 25.0 Å². The van der Waals surface area contributed by atoms with Gasteiger partial charge in [0.15, 0.2) is 4.75 Å². The fraction of sp³-hybridized carbons (Fsp3) is 0.857. The van der Waals surface area contributed by atoms with Crippen molar-refractivity contribution in [1.82, 2.24) is 4.31 Å². The number of sulfonamides is 1. The molecule has 0 aromatic heterocycles. The molecule has 0 N–H and O–H groups in total. The van der Waals surface area contributed by atoms with Crippen LogP contribution < -0.4 is 0 Å². The van der Waals surface area contributed by atoms with Crippen LogP contribution in [0.25, 0.3) is 0 Å². The number of rotatable bonds is 3. The van der Waals surface area contributed by atoms with Crippen LogP contribution in [0.2, 0.25) is 0 Å². The number of nitrogens with zero attached hydrogens (tertiary/aromatic N) is 1. The first-order valence-electron chi connectivity index (χ1n) is 4.03. The number of thiol groups is 1. The minimum absolute atomic E-state index is 0.258. The van der Waals surface area contributed by atoms with Gasteiger partial charge in [0.1, 0.15) is 0 Å². The molecule has 13 heavy (non-hydrogen) atoms. The summed E-state index contributed by atoms with van der Waals surface area (Å²) in [6, 6.07) is 0. The van der Waals surface area contributed by atoms with Crippen LogP contribution in [0.1, 0.15) is 20.3 Å². The fourth-order valence-electron chi connectivity index (χ4n) is 1.19. The molecule has 1 aliphatic heterocycles. The number of hydrogen-bond acceptors (Lipinski definition) is 4. The summed E-state index contributed by atoms with van der Waals surface area (Å²) in [6.45, 7) is 3.12. The van der Waals surface area contributed by atoms with Gasteiger partial charge in [-0.15, -0.1) is 0 Å².